The first-order valence-corrected chi connectivity index (χ1v) is 6.81. The largest absolute Gasteiger partial charge is 0.321 e. The normalized spacial score (nSPS) is 10.4. The van der Waals surface area contributed by atoms with Crippen LogP contribution >= 0.6 is 0 Å². The van der Waals surface area contributed by atoms with Crippen molar-refractivity contribution in [3.05, 3.63) is 29.6 Å². The number of nitrogens with one attached hydrogen (secondary N) is 2. The fourth-order valence-corrected chi connectivity index (χ4v) is 1.84. The fraction of sp³-hybridized carbons (Fsp3) is 0.429. The zero-order valence-corrected chi connectivity index (χ0v) is 11.8. The van der Waals surface area contributed by atoms with Crippen LogP contribution in [0.15, 0.2) is 12.1 Å². The highest BCUT2D eigenvalue weighted by Crippen LogP contribution is 2.20. The second-order valence-corrected chi connectivity index (χ2v) is 4.74. The van der Waals surface area contributed by atoms with Crippen molar-refractivity contribution in [2.24, 2.45) is 0 Å². The standard InChI is InChI=1S/C14H17F3N2O3/c15-9-7-10(16)14(11(17)8-9)18-12(20)5-3-1-2-4-6-13(21)19-22/h7-8,22H,1-6H2,(H,18,20)(H,19,21). The molecule has 0 aliphatic rings. The predicted molar refractivity (Wildman–Crippen MR) is 72.6 cm³/mol. The van der Waals surface area contributed by atoms with Gasteiger partial charge in [0.25, 0.3) is 0 Å². The maximum Gasteiger partial charge on any atom is 0.243 e. The van der Waals surface area contributed by atoms with E-state index in [1.165, 1.54) is 5.48 Å². The molecule has 8 heteroatoms. The van der Waals surface area contributed by atoms with Crippen LogP contribution in [0.5, 0.6) is 0 Å². The number of carbonyl (C=O) groups is 2. The molecule has 0 fully saturated rings. The summed E-state index contributed by atoms with van der Waals surface area (Å²) in [5, 5.41) is 10.3. The summed E-state index contributed by atoms with van der Waals surface area (Å²) in [5.74, 6) is -4.43. The highest BCUT2D eigenvalue weighted by molar-refractivity contribution is 5.90. The van der Waals surface area contributed by atoms with Gasteiger partial charge in [0.05, 0.1) is 0 Å². The van der Waals surface area contributed by atoms with Crippen molar-refractivity contribution >= 4 is 17.5 Å². The number of rotatable bonds is 8. The Labute approximate surface area is 125 Å². The third kappa shape index (κ3) is 6.13. The monoisotopic (exact) mass is 318 g/mol. The Bertz CT molecular complexity index is 515. The molecule has 1 aromatic rings. The van der Waals surface area contributed by atoms with E-state index in [9.17, 15) is 22.8 Å². The molecule has 1 aromatic carbocycles. The molecule has 0 aliphatic heterocycles. The molecule has 0 saturated carbocycles. The van der Waals surface area contributed by atoms with Crippen LogP contribution < -0.4 is 10.8 Å². The molecule has 0 spiro atoms. The lowest BCUT2D eigenvalue weighted by atomic mass is 10.1. The predicted octanol–water partition coefficient (Wildman–Crippen LogP) is 2.89. The van der Waals surface area contributed by atoms with E-state index in [4.69, 9.17) is 5.21 Å². The SMILES string of the molecule is O=C(CCCCCCC(=O)Nc1c(F)cc(F)cc1F)NO. The van der Waals surface area contributed by atoms with E-state index in [0.717, 1.165) is 0 Å². The van der Waals surface area contributed by atoms with Gasteiger partial charge in [0, 0.05) is 25.0 Å². The number of hydrogen-bond acceptors (Lipinski definition) is 3. The van der Waals surface area contributed by atoms with Crippen LogP contribution in [0.2, 0.25) is 0 Å². The highest BCUT2D eigenvalue weighted by atomic mass is 19.1. The third-order valence-corrected chi connectivity index (χ3v) is 2.95. The van der Waals surface area contributed by atoms with E-state index >= 15 is 0 Å². The van der Waals surface area contributed by atoms with E-state index < -0.39 is 35.0 Å². The first-order valence-electron chi connectivity index (χ1n) is 6.81. The number of anilines is 1. The lowest BCUT2D eigenvalue weighted by molar-refractivity contribution is -0.129. The van der Waals surface area contributed by atoms with Crippen LogP contribution in [0.1, 0.15) is 38.5 Å². The number of amides is 2. The van der Waals surface area contributed by atoms with Gasteiger partial charge in [0.15, 0.2) is 11.6 Å². The van der Waals surface area contributed by atoms with Crippen molar-refractivity contribution in [1.82, 2.24) is 5.48 Å². The minimum Gasteiger partial charge on any atom is -0.321 e. The molecule has 122 valence electrons. The molecular weight excluding hydrogens is 301 g/mol. The van der Waals surface area contributed by atoms with Gasteiger partial charge in [-0.15, -0.1) is 0 Å². The van der Waals surface area contributed by atoms with E-state index in [0.29, 0.717) is 37.8 Å². The quantitative estimate of drug-likeness (QED) is 0.392. The molecule has 0 aromatic heterocycles. The van der Waals surface area contributed by atoms with Gasteiger partial charge in [0.1, 0.15) is 11.5 Å². The zero-order valence-electron chi connectivity index (χ0n) is 11.8. The van der Waals surface area contributed by atoms with Crippen LogP contribution in [0.3, 0.4) is 0 Å². The Morgan fingerprint density at radius 3 is 1.91 bits per heavy atom. The minimum absolute atomic E-state index is 0.0580. The lowest BCUT2D eigenvalue weighted by Crippen LogP contribution is -2.17. The highest BCUT2D eigenvalue weighted by Gasteiger charge is 2.14. The molecule has 1 rings (SSSR count). The van der Waals surface area contributed by atoms with Crippen molar-refractivity contribution in [2.75, 3.05) is 5.32 Å². The first kappa shape index (κ1) is 18.0. The fourth-order valence-electron chi connectivity index (χ4n) is 1.84. The Balaban J connectivity index is 2.28. The van der Waals surface area contributed by atoms with Crippen LogP contribution in [0.4, 0.5) is 18.9 Å². The van der Waals surface area contributed by atoms with Crippen molar-refractivity contribution in [2.45, 2.75) is 38.5 Å². The molecule has 0 heterocycles. The third-order valence-electron chi connectivity index (χ3n) is 2.95. The topological polar surface area (TPSA) is 78.4 Å². The average molecular weight is 318 g/mol. The molecule has 5 nitrogen and oxygen atoms in total. The zero-order chi connectivity index (χ0) is 16.5. The van der Waals surface area contributed by atoms with Gasteiger partial charge < -0.3 is 5.32 Å². The Kier molecular flexibility index (Phi) is 7.38. The number of halogens is 3. The van der Waals surface area contributed by atoms with Gasteiger partial charge in [-0.25, -0.2) is 18.7 Å². The van der Waals surface area contributed by atoms with Crippen LogP contribution in [-0.2, 0) is 9.59 Å². The Hall–Kier alpha value is -2.09. The number of hydroxylamine groups is 1. The molecule has 2 amide bonds. The number of carbonyl (C=O) groups excluding carboxylic acids is 2. The molecule has 0 bridgehead atoms. The molecule has 3 N–H and O–H groups in total. The smallest absolute Gasteiger partial charge is 0.243 e. The second-order valence-electron chi connectivity index (χ2n) is 4.74. The summed E-state index contributed by atoms with van der Waals surface area (Å²) in [6.07, 6.45) is 2.63. The van der Waals surface area contributed by atoms with Crippen molar-refractivity contribution in [3.63, 3.8) is 0 Å². The van der Waals surface area contributed by atoms with E-state index in [1.807, 2.05) is 0 Å². The first-order chi connectivity index (χ1) is 10.4. The second kappa shape index (κ2) is 9.04. The molecule has 0 saturated heterocycles. The molecule has 0 unspecified atom stereocenters. The summed E-state index contributed by atoms with van der Waals surface area (Å²) in [5.41, 5.74) is 0.854. The maximum absolute atomic E-state index is 13.3. The van der Waals surface area contributed by atoms with Crippen LogP contribution in [-0.4, -0.2) is 17.0 Å². The molecule has 0 radical (unpaired) electrons. The van der Waals surface area contributed by atoms with Gasteiger partial charge in [-0.1, -0.05) is 12.8 Å². The summed E-state index contributed by atoms with van der Waals surface area (Å²) in [4.78, 5) is 22.3. The van der Waals surface area contributed by atoms with Crippen molar-refractivity contribution in [1.29, 1.82) is 0 Å². The average Bonchev–Trinajstić information content (AvgIpc) is 2.46. The number of benzene rings is 1. The summed E-state index contributed by atoms with van der Waals surface area (Å²) in [6, 6.07) is 0.982. The summed E-state index contributed by atoms with van der Waals surface area (Å²) < 4.78 is 39.3. The minimum atomic E-state index is -1.17. The summed E-state index contributed by atoms with van der Waals surface area (Å²) in [7, 11) is 0. The van der Waals surface area contributed by atoms with E-state index in [2.05, 4.69) is 5.32 Å². The summed E-state index contributed by atoms with van der Waals surface area (Å²) >= 11 is 0. The van der Waals surface area contributed by atoms with Crippen LogP contribution in [0.25, 0.3) is 0 Å². The van der Waals surface area contributed by atoms with Crippen molar-refractivity contribution in [3.8, 4) is 0 Å². The molecule has 0 atom stereocenters. The van der Waals surface area contributed by atoms with E-state index in [1.54, 1.807) is 0 Å². The maximum atomic E-state index is 13.3. The Morgan fingerprint density at radius 2 is 1.41 bits per heavy atom. The number of hydrogen-bond donors (Lipinski definition) is 3. The molecule has 0 aliphatic carbocycles. The lowest BCUT2D eigenvalue weighted by Gasteiger charge is -2.07. The molecule has 22 heavy (non-hydrogen) atoms. The van der Waals surface area contributed by atoms with Gasteiger partial charge in [-0.3, -0.25) is 14.8 Å². The van der Waals surface area contributed by atoms with Gasteiger partial charge >= 0.3 is 0 Å². The van der Waals surface area contributed by atoms with Gasteiger partial charge in [0.2, 0.25) is 11.8 Å². The summed E-state index contributed by atoms with van der Waals surface area (Å²) in [6.45, 7) is 0. The Morgan fingerprint density at radius 1 is 0.909 bits per heavy atom. The van der Waals surface area contributed by atoms with Crippen LogP contribution in [0, 0.1) is 17.5 Å². The van der Waals surface area contributed by atoms with Gasteiger partial charge in [-0.2, -0.15) is 0 Å². The van der Waals surface area contributed by atoms with Crippen molar-refractivity contribution < 1.29 is 28.0 Å². The van der Waals surface area contributed by atoms with Gasteiger partial charge in [-0.05, 0) is 12.8 Å². The molecular formula is C14H17F3N2O3. The van der Waals surface area contributed by atoms with E-state index in [-0.39, 0.29) is 12.8 Å². The number of unbranched alkanes of at least 4 members (excludes halogenated alkanes) is 3.